The van der Waals surface area contributed by atoms with Crippen molar-refractivity contribution in [2.75, 3.05) is 5.32 Å². The smallest absolute Gasteiger partial charge is 0.134 e. The van der Waals surface area contributed by atoms with Crippen LogP contribution in [0, 0.1) is 0 Å². The van der Waals surface area contributed by atoms with Crippen molar-refractivity contribution >= 4 is 16.7 Å². The molecule has 2 aromatic heterocycles. The van der Waals surface area contributed by atoms with Gasteiger partial charge in [-0.1, -0.05) is 25.1 Å². The van der Waals surface area contributed by atoms with Gasteiger partial charge in [0, 0.05) is 30.1 Å². The number of nitrogens with one attached hydrogen (secondary N) is 2. The van der Waals surface area contributed by atoms with Gasteiger partial charge in [-0.2, -0.15) is 5.10 Å². The maximum absolute atomic E-state index is 5.85. The van der Waals surface area contributed by atoms with Gasteiger partial charge in [0.15, 0.2) is 0 Å². The zero-order chi connectivity index (χ0) is 12.4. The molecule has 0 aliphatic carbocycles. The third kappa shape index (κ3) is 1.86. The molecule has 92 valence electrons. The van der Waals surface area contributed by atoms with Crippen molar-refractivity contribution in [2.24, 2.45) is 0 Å². The van der Waals surface area contributed by atoms with Crippen molar-refractivity contribution in [1.29, 1.82) is 0 Å². The highest BCUT2D eigenvalue weighted by atomic mass is 16.3. The molecule has 0 amide bonds. The first-order chi connectivity index (χ1) is 8.88. The number of anilines is 1. The van der Waals surface area contributed by atoms with E-state index in [0.717, 1.165) is 30.0 Å². The van der Waals surface area contributed by atoms with E-state index in [4.69, 9.17) is 4.42 Å². The molecule has 0 saturated carbocycles. The lowest BCUT2D eigenvalue weighted by Gasteiger charge is -2.03. The number of hydrogen-bond acceptors (Lipinski definition) is 3. The lowest BCUT2D eigenvalue weighted by molar-refractivity contribution is 0.551. The number of aromatic amines is 1. The second-order valence-electron chi connectivity index (χ2n) is 4.19. The van der Waals surface area contributed by atoms with Crippen LogP contribution in [0.15, 0.2) is 41.1 Å². The Hall–Kier alpha value is -2.23. The van der Waals surface area contributed by atoms with Gasteiger partial charge in [0.05, 0.1) is 11.9 Å². The van der Waals surface area contributed by atoms with E-state index in [0.29, 0.717) is 0 Å². The van der Waals surface area contributed by atoms with Crippen LogP contribution in [0.3, 0.4) is 0 Å². The highest BCUT2D eigenvalue weighted by Gasteiger charge is 2.11. The summed E-state index contributed by atoms with van der Waals surface area (Å²) >= 11 is 0. The van der Waals surface area contributed by atoms with Crippen LogP contribution < -0.4 is 5.32 Å². The molecule has 4 heteroatoms. The molecule has 0 fully saturated rings. The molecule has 0 radical (unpaired) electrons. The molecular weight excluding hydrogens is 226 g/mol. The summed E-state index contributed by atoms with van der Waals surface area (Å²) in [6.07, 6.45) is 4.51. The van der Waals surface area contributed by atoms with Gasteiger partial charge in [-0.3, -0.25) is 5.10 Å². The molecule has 0 aliphatic heterocycles. The van der Waals surface area contributed by atoms with Crippen LogP contribution in [0.4, 0.5) is 5.69 Å². The lowest BCUT2D eigenvalue weighted by atomic mass is 10.1. The number of furan rings is 1. The number of rotatable bonds is 4. The Morgan fingerprint density at radius 1 is 1.33 bits per heavy atom. The summed E-state index contributed by atoms with van der Waals surface area (Å²) in [6, 6.07) is 8.15. The number of benzene rings is 1. The third-order valence-corrected chi connectivity index (χ3v) is 3.07. The van der Waals surface area contributed by atoms with Crippen LogP contribution in [-0.2, 0) is 13.0 Å². The highest BCUT2D eigenvalue weighted by molar-refractivity contribution is 5.82. The van der Waals surface area contributed by atoms with E-state index in [1.54, 1.807) is 6.20 Å². The molecule has 0 unspecified atom stereocenters. The van der Waals surface area contributed by atoms with Crippen LogP contribution in [0.1, 0.15) is 18.2 Å². The average molecular weight is 241 g/mol. The molecule has 2 N–H and O–H groups in total. The minimum Gasteiger partial charge on any atom is -0.461 e. The summed E-state index contributed by atoms with van der Waals surface area (Å²) in [6.45, 7) is 2.86. The van der Waals surface area contributed by atoms with Gasteiger partial charge in [-0.05, 0) is 6.07 Å². The first-order valence-corrected chi connectivity index (χ1v) is 6.10. The van der Waals surface area contributed by atoms with E-state index >= 15 is 0 Å². The van der Waals surface area contributed by atoms with E-state index in [1.807, 2.05) is 24.4 Å². The summed E-state index contributed by atoms with van der Waals surface area (Å²) in [7, 11) is 0. The second-order valence-corrected chi connectivity index (χ2v) is 4.19. The largest absolute Gasteiger partial charge is 0.461 e. The van der Waals surface area contributed by atoms with Gasteiger partial charge in [-0.25, -0.2) is 0 Å². The fourth-order valence-electron chi connectivity index (χ4n) is 2.17. The van der Waals surface area contributed by atoms with Crippen molar-refractivity contribution in [1.82, 2.24) is 10.2 Å². The third-order valence-electron chi connectivity index (χ3n) is 3.07. The Morgan fingerprint density at radius 3 is 3.00 bits per heavy atom. The summed E-state index contributed by atoms with van der Waals surface area (Å²) in [5, 5.41) is 11.2. The Labute approximate surface area is 105 Å². The number of aryl methyl sites for hydroxylation is 1. The molecule has 0 aliphatic rings. The maximum Gasteiger partial charge on any atom is 0.134 e. The van der Waals surface area contributed by atoms with Gasteiger partial charge < -0.3 is 9.73 Å². The predicted molar refractivity (Wildman–Crippen MR) is 71.5 cm³/mol. The number of aromatic nitrogens is 2. The van der Waals surface area contributed by atoms with Crippen LogP contribution in [-0.4, -0.2) is 10.2 Å². The molecule has 0 bridgehead atoms. The van der Waals surface area contributed by atoms with Crippen molar-refractivity contribution in [2.45, 2.75) is 19.9 Å². The van der Waals surface area contributed by atoms with Gasteiger partial charge in [-0.15, -0.1) is 0 Å². The number of fused-ring (bicyclic) bond motifs is 1. The van der Waals surface area contributed by atoms with Crippen LogP contribution >= 0.6 is 0 Å². The van der Waals surface area contributed by atoms with Gasteiger partial charge in [0.1, 0.15) is 11.3 Å². The summed E-state index contributed by atoms with van der Waals surface area (Å²) in [5.74, 6) is 1.05. The predicted octanol–water partition coefficient (Wildman–Crippen LogP) is 3.33. The molecule has 4 nitrogen and oxygen atoms in total. The number of H-pyrrole nitrogens is 1. The molecule has 3 aromatic rings. The molecule has 1 aromatic carbocycles. The SMILES string of the molecule is CCc1oc2ccccc2c1CNc1cn[nH]c1. The number of para-hydroxylation sites is 1. The van der Waals surface area contributed by atoms with Gasteiger partial charge in [0.2, 0.25) is 0 Å². The number of hydrogen-bond donors (Lipinski definition) is 2. The topological polar surface area (TPSA) is 53.9 Å². The molecule has 0 atom stereocenters. The molecular formula is C14H15N3O. The van der Waals surface area contributed by atoms with Crippen LogP contribution in [0.5, 0.6) is 0 Å². The monoisotopic (exact) mass is 241 g/mol. The van der Waals surface area contributed by atoms with Crippen molar-refractivity contribution in [3.63, 3.8) is 0 Å². The molecule has 0 spiro atoms. The van der Waals surface area contributed by atoms with E-state index in [2.05, 4.69) is 28.5 Å². The Kier molecular flexibility index (Phi) is 2.76. The van der Waals surface area contributed by atoms with E-state index in [1.165, 1.54) is 10.9 Å². The Bertz CT molecular complexity index is 640. The lowest BCUT2D eigenvalue weighted by Crippen LogP contribution is -2.00. The van der Waals surface area contributed by atoms with Crippen LogP contribution in [0.2, 0.25) is 0 Å². The van der Waals surface area contributed by atoms with E-state index < -0.39 is 0 Å². The number of nitrogens with zero attached hydrogens (tertiary/aromatic N) is 1. The van der Waals surface area contributed by atoms with E-state index in [9.17, 15) is 0 Å². The quantitative estimate of drug-likeness (QED) is 0.736. The molecule has 3 rings (SSSR count). The minimum absolute atomic E-state index is 0.750. The zero-order valence-electron chi connectivity index (χ0n) is 10.2. The molecule has 0 saturated heterocycles. The average Bonchev–Trinajstić information content (AvgIpc) is 3.03. The first-order valence-electron chi connectivity index (χ1n) is 6.10. The molecule has 18 heavy (non-hydrogen) atoms. The maximum atomic E-state index is 5.85. The summed E-state index contributed by atoms with van der Waals surface area (Å²) in [5.41, 5.74) is 3.18. The second kappa shape index (κ2) is 4.56. The van der Waals surface area contributed by atoms with E-state index in [-0.39, 0.29) is 0 Å². The molecule has 2 heterocycles. The zero-order valence-corrected chi connectivity index (χ0v) is 10.2. The minimum atomic E-state index is 0.750. The Morgan fingerprint density at radius 2 is 2.22 bits per heavy atom. The summed E-state index contributed by atoms with van der Waals surface area (Å²) < 4.78 is 5.85. The normalized spacial score (nSPS) is 10.9. The van der Waals surface area contributed by atoms with Gasteiger partial charge in [0.25, 0.3) is 0 Å². The van der Waals surface area contributed by atoms with Crippen molar-refractivity contribution < 1.29 is 4.42 Å². The summed E-state index contributed by atoms with van der Waals surface area (Å²) in [4.78, 5) is 0. The first kappa shape index (κ1) is 10.9. The van der Waals surface area contributed by atoms with Crippen molar-refractivity contribution in [3.8, 4) is 0 Å². The fraction of sp³-hybridized carbons (Fsp3) is 0.214. The highest BCUT2D eigenvalue weighted by Crippen LogP contribution is 2.26. The van der Waals surface area contributed by atoms with Gasteiger partial charge >= 0.3 is 0 Å². The van der Waals surface area contributed by atoms with Crippen molar-refractivity contribution in [3.05, 3.63) is 48.0 Å². The van der Waals surface area contributed by atoms with Crippen LogP contribution in [0.25, 0.3) is 11.0 Å². The Balaban J connectivity index is 1.94. The standard InChI is InChI=1S/C14H15N3O/c1-2-13-12(9-15-10-7-16-17-8-10)11-5-3-4-6-14(11)18-13/h3-8,15H,2,9H2,1H3,(H,16,17). The fourth-order valence-corrected chi connectivity index (χ4v) is 2.17.